The molecule has 0 atom stereocenters. The molecule has 10 heteroatoms. The van der Waals surface area contributed by atoms with Gasteiger partial charge in [0.25, 0.3) is 5.91 Å². The fraction of sp³-hybridized carbons (Fsp3) is 0.240. The Morgan fingerprint density at radius 3 is 2.77 bits per heavy atom. The van der Waals surface area contributed by atoms with Crippen molar-refractivity contribution < 1.29 is 9.59 Å². The summed E-state index contributed by atoms with van der Waals surface area (Å²) in [6, 6.07) is 12.9. The molecule has 1 aliphatic carbocycles. The van der Waals surface area contributed by atoms with Gasteiger partial charge in [0, 0.05) is 33.5 Å². The molecule has 4 aromatic rings. The smallest absolute Gasteiger partial charge is 0.254 e. The van der Waals surface area contributed by atoms with Gasteiger partial charge in [-0.3, -0.25) is 14.9 Å². The van der Waals surface area contributed by atoms with E-state index < -0.39 is 0 Å². The number of carbonyl (C=O) groups excluding carboxylic acids is 2. The van der Waals surface area contributed by atoms with Crippen LogP contribution < -0.4 is 16.0 Å². The monoisotopic (exact) mass is 485 g/mol. The highest BCUT2D eigenvalue weighted by molar-refractivity contribution is 7.15. The Kier molecular flexibility index (Phi) is 5.29. The lowest BCUT2D eigenvalue weighted by atomic mass is 10.1. The van der Waals surface area contributed by atoms with Crippen LogP contribution in [0.1, 0.15) is 35.3 Å². The van der Waals surface area contributed by atoms with Gasteiger partial charge in [-0.15, -0.1) is 11.3 Å². The predicted molar refractivity (Wildman–Crippen MR) is 135 cm³/mol. The van der Waals surface area contributed by atoms with Crippen molar-refractivity contribution in [1.29, 1.82) is 0 Å². The number of benzene rings is 1. The summed E-state index contributed by atoms with van der Waals surface area (Å²) in [6.45, 7) is 2.66. The van der Waals surface area contributed by atoms with Crippen molar-refractivity contribution in [2.75, 3.05) is 10.6 Å². The highest BCUT2D eigenvalue weighted by atomic mass is 32.1. The first-order chi connectivity index (χ1) is 17.0. The Balaban J connectivity index is 1.34. The molecular weight excluding hydrogens is 462 g/mol. The molecule has 176 valence electrons. The van der Waals surface area contributed by atoms with Gasteiger partial charge in [0.1, 0.15) is 0 Å². The number of aryl methyl sites for hydroxylation is 1. The average molecular weight is 486 g/mol. The lowest BCUT2D eigenvalue weighted by molar-refractivity contribution is -0.124. The minimum absolute atomic E-state index is 0.0541. The third-order valence-electron chi connectivity index (χ3n) is 5.99. The fourth-order valence-electron chi connectivity index (χ4n) is 4.06. The number of fused-ring (bicyclic) bond motifs is 1. The number of thiophene rings is 1. The van der Waals surface area contributed by atoms with E-state index in [4.69, 9.17) is 9.97 Å². The number of nitrogens with zero attached hydrogens (tertiary/aromatic N) is 4. The lowest BCUT2D eigenvalue weighted by Gasteiger charge is -2.12. The molecule has 3 aromatic heterocycles. The van der Waals surface area contributed by atoms with Crippen molar-refractivity contribution in [3.8, 4) is 10.4 Å². The highest BCUT2D eigenvalue weighted by Crippen LogP contribution is 2.31. The van der Waals surface area contributed by atoms with E-state index in [0.717, 1.165) is 18.4 Å². The molecule has 4 heterocycles. The van der Waals surface area contributed by atoms with Crippen LogP contribution in [0.5, 0.6) is 0 Å². The normalized spacial score (nSPS) is 16.8. The van der Waals surface area contributed by atoms with E-state index in [1.165, 1.54) is 15.3 Å². The Bertz CT molecular complexity index is 1500. The van der Waals surface area contributed by atoms with Gasteiger partial charge in [-0.2, -0.15) is 19.6 Å². The van der Waals surface area contributed by atoms with Crippen LogP contribution in [-0.4, -0.2) is 37.4 Å². The largest absolute Gasteiger partial charge is 0.351 e. The number of nitrogens with one attached hydrogen (secondary N) is 3. The number of hydrogen-bond acceptors (Lipinski definition) is 8. The zero-order valence-corrected chi connectivity index (χ0v) is 19.9. The van der Waals surface area contributed by atoms with E-state index in [2.05, 4.69) is 52.2 Å². The number of rotatable bonds is 7. The van der Waals surface area contributed by atoms with Gasteiger partial charge in [-0.25, -0.2) is 0 Å². The summed E-state index contributed by atoms with van der Waals surface area (Å²) in [7, 11) is 0. The number of carbonyl (C=O) groups is 2. The van der Waals surface area contributed by atoms with Gasteiger partial charge >= 0.3 is 0 Å². The van der Waals surface area contributed by atoms with Crippen molar-refractivity contribution in [3.63, 3.8) is 0 Å². The first kappa shape index (κ1) is 21.5. The summed E-state index contributed by atoms with van der Waals surface area (Å²) >= 11 is 1.77. The van der Waals surface area contributed by atoms with Gasteiger partial charge in [-0.05, 0) is 49.1 Å². The molecule has 2 amide bonds. The van der Waals surface area contributed by atoms with Gasteiger partial charge in [-0.1, -0.05) is 24.3 Å². The standard InChI is InChI=1S/C25H23N7O2S/c1-14-6-9-20(35-14)19-5-3-2-4-15(19)12-26-24-30-22-17(10-16-11-21(33)29-23(16)34)13-27-32(22)25(31-24)28-18-7-8-18/h2-6,9-10,13,18H,7-8,11-12H2,1H3,(H,29,33,34)(H2,26,28,30,31)/b16-10+. The Labute approximate surface area is 205 Å². The number of aromatic nitrogens is 4. The van der Waals surface area contributed by atoms with Crippen LogP contribution in [0.15, 0.2) is 48.2 Å². The van der Waals surface area contributed by atoms with Gasteiger partial charge in [0.05, 0.1) is 12.6 Å². The predicted octanol–water partition coefficient (Wildman–Crippen LogP) is 3.78. The van der Waals surface area contributed by atoms with Crippen molar-refractivity contribution in [1.82, 2.24) is 24.9 Å². The molecule has 3 N–H and O–H groups in total. The van der Waals surface area contributed by atoms with Gasteiger partial charge < -0.3 is 10.6 Å². The molecular formula is C25H23N7O2S. The summed E-state index contributed by atoms with van der Waals surface area (Å²) in [6.07, 6.45) is 5.54. The van der Waals surface area contributed by atoms with Crippen molar-refractivity contribution >= 4 is 46.8 Å². The summed E-state index contributed by atoms with van der Waals surface area (Å²) in [5.74, 6) is 0.382. The Morgan fingerprint density at radius 2 is 2.03 bits per heavy atom. The van der Waals surface area contributed by atoms with Crippen LogP contribution in [0.2, 0.25) is 0 Å². The van der Waals surface area contributed by atoms with Gasteiger partial charge in [0.15, 0.2) is 5.65 Å². The minimum atomic E-state index is -0.376. The second-order valence-electron chi connectivity index (χ2n) is 8.77. The van der Waals surface area contributed by atoms with Crippen LogP contribution >= 0.6 is 11.3 Å². The molecule has 0 bridgehead atoms. The second-order valence-corrected chi connectivity index (χ2v) is 10.1. The minimum Gasteiger partial charge on any atom is -0.351 e. The van der Waals surface area contributed by atoms with Crippen LogP contribution in [-0.2, 0) is 16.1 Å². The van der Waals surface area contributed by atoms with Crippen molar-refractivity contribution in [2.24, 2.45) is 0 Å². The molecule has 1 aromatic carbocycles. The number of amides is 2. The van der Waals surface area contributed by atoms with E-state index in [-0.39, 0.29) is 18.2 Å². The lowest BCUT2D eigenvalue weighted by Crippen LogP contribution is -2.19. The summed E-state index contributed by atoms with van der Waals surface area (Å²) in [4.78, 5) is 35.6. The van der Waals surface area contributed by atoms with E-state index in [9.17, 15) is 9.59 Å². The van der Waals surface area contributed by atoms with Crippen molar-refractivity contribution in [2.45, 2.75) is 38.8 Å². The average Bonchev–Trinajstić information content (AvgIpc) is 3.25. The van der Waals surface area contributed by atoms with E-state index >= 15 is 0 Å². The van der Waals surface area contributed by atoms with Crippen LogP contribution in [0.4, 0.5) is 11.9 Å². The first-order valence-electron chi connectivity index (χ1n) is 11.5. The molecule has 6 rings (SSSR count). The fourth-order valence-corrected chi connectivity index (χ4v) is 4.98. The zero-order chi connectivity index (χ0) is 23.9. The zero-order valence-electron chi connectivity index (χ0n) is 19.0. The molecule has 2 fully saturated rings. The molecule has 9 nitrogen and oxygen atoms in total. The molecule has 1 saturated heterocycles. The maximum absolute atomic E-state index is 12.1. The molecule has 0 spiro atoms. The number of hydrogen-bond donors (Lipinski definition) is 3. The topological polar surface area (TPSA) is 113 Å². The molecule has 1 saturated carbocycles. The summed E-state index contributed by atoms with van der Waals surface area (Å²) in [5, 5.41) is 13.6. The molecule has 0 radical (unpaired) electrons. The van der Waals surface area contributed by atoms with Crippen LogP contribution in [0.3, 0.4) is 0 Å². The summed E-state index contributed by atoms with van der Waals surface area (Å²) in [5.41, 5.74) is 3.94. The number of imide groups is 1. The third-order valence-corrected chi connectivity index (χ3v) is 7.03. The summed E-state index contributed by atoms with van der Waals surface area (Å²) < 4.78 is 1.65. The third kappa shape index (κ3) is 4.40. The Morgan fingerprint density at radius 1 is 1.17 bits per heavy atom. The van der Waals surface area contributed by atoms with Crippen LogP contribution in [0.25, 0.3) is 22.2 Å². The number of anilines is 2. The maximum atomic E-state index is 12.1. The van der Waals surface area contributed by atoms with E-state index in [1.54, 1.807) is 28.1 Å². The molecule has 0 unspecified atom stereocenters. The van der Waals surface area contributed by atoms with E-state index in [0.29, 0.717) is 41.3 Å². The first-order valence-corrected chi connectivity index (χ1v) is 12.3. The molecule has 1 aliphatic heterocycles. The molecule has 35 heavy (non-hydrogen) atoms. The quantitative estimate of drug-likeness (QED) is 0.270. The highest BCUT2D eigenvalue weighted by Gasteiger charge is 2.26. The second kappa shape index (κ2) is 8.62. The van der Waals surface area contributed by atoms with E-state index in [1.807, 2.05) is 12.1 Å². The van der Waals surface area contributed by atoms with Gasteiger partial charge in [0.2, 0.25) is 17.8 Å². The van der Waals surface area contributed by atoms with Crippen LogP contribution in [0, 0.1) is 6.92 Å². The SMILES string of the molecule is Cc1ccc(-c2ccccc2CNc2nc(NC3CC3)n3ncc(/C=C4\CC(=O)NC4=O)c3n2)s1. The maximum Gasteiger partial charge on any atom is 0.254 e. The molecule has 2 aliphatic rings. The van der Waals surface area contributed by atoms with Crippen molar-refractivity contribution in [3.05, 3.63) is 64.2 Å². The Hall–Kier alpha value is -4.05.